The summed E-state index contributed by atoms with van der Waals surface area (Å²) in [6.07, 6.45) is 18.4. The van der Waals surface area contributed by atoms with E-state index in [9.17, 15) is 15.0 Å². The minimum Gasteiger partial charge on any atom is -0.508 e. The molecule has 5 aliphatic rings. The molecule has 4 heteroatoms. The van der Waals surface area contributed by atoms with Crippen molar-refractivity contribution in [2.45, 2.75) is 112 Å². The molecule has 43 heavy (non-hydrogen) atoms. The van der Waals surface area contributed by atoms with Crippen LogP contribution in [0.25, 0.3) is 6.08 Å². The van der Waals surface area contributed by atoms with Crippen molar-refractivity contribution in [1.29, 1.82) is 0 Å². The molecule has 0 aromatic heterocycles. The molecular formula is C39H54O4. The number of benzene rings is 1. The molecule has 0 amide bonds. The Labute approximate surface area is 259 Å². The molecule has 0 radical (unpaired) electrons. The molecule has 5 aliphatic carbocycles. The first-order valence-electron chi connectivity index (χ1n) is 16.8. The maximum atomic E-state index is 13.0. The van der Waals surface area contributed by atoms with Crippen molar-refractivity contribution >= 4 is 12.0 Å². The number of phenols is 1. The molecule has 2 N–H and O–H groups in total. The van der Waals surface area contributed by atoms with Crippen molar-refractivity contribution < 1.29 is 19.7 Å². The highest BCUT2D eigenvalue weighted by atomic mass is 16.5. The van der Waals surface area contributed by atoms with Crippen LogP contribution >= 0.6 is 0 Å². The topological polar surface area (TPSA) is 66.8 Å². The molecule has 3 fully saturated rings. The van der Waals surface area contributed by atoms with E-state index in [0.717, 1.165) is 44.1 Å². The van der Waals surface area contributed by atoms with Crippen LogP contribution in [0.4, 0.5) is 0 Å². The zero-order valence-corrected chi connectivity index (χ0v) is 27.6. The molecule has 3 saturated carbocycles. The molecule has 8 unspecified atom stereocenters. The first kappa shape index (κ1) is 30.7. The number of allylic oxidation sites excluding steroid dienone is 4. The maximum absolute atomic E-state index is 13.0. The van der Waals surface area contributed by atoms with Gasteiger partial charge >= 0.3 is 5.97 Å². The number of aliphatic hydroxyl groups excluding tert-OH is 1. The smallest absolute Gasteiger partial charge is 0.331 e. The lowest BCUT2D eigenvalue weighted by Gasteiger charge is -2.69. The third kappa shape index (κ3) is 4.60. The van der Waals surface area contributed by atoms with Gasteiger partial charge in [0, 0.05) is 18.1 Å². The predicted octanol–water partition coefficient (Wildman–Crippen LogP) is 9.03. The molecule has 4 nitrogen and oxygen atoms in total. The van der Waals surface area contributed by atoms with Crippen molar-refractivity contribution in [1.82, 2.24) is 0 Å². The summed E-state index contributed by atoms with van der Waals surface area (Å²) in [6, 6.07) is 6.82. The van der Waals surface area contributed by atoms with Gasteiger partial charge in [0.25, 0.3) is 0 Å². The second-order valence-corrected chi connectivity index (χ2v) is 17.0. The molecule has 0 aliphatic heterocycles. The highest BCUT2D eigenvalue weighted by Gasteiger charge is 2.66. The van der Waals surface area contributed by atoms with Crippen LogP contribution in [0, 0.1) is 44.3 Å². The Kier molecular flexibility index (Phi) is 7.20. The first-order chi connectivity index (χ1) is 20.1. The molecule has 234 valence electrons. The van der Waals surface area contributed by atoms with Gasteiger partial charge < -0.3 is 14.9 Å². The minimum atomic E-state index is -0.297. The van der Waals surface area contributed by atoms with Crippen LogP contribution < -0.4 is 0 Å². The number of aromatic hydroxyl groups is 1. The van der Waals surface area contributed by atoms with Crippen LogP contribution in [0.3, 0.4) is 0 Å². The van der Waals surface area contributed by atoms with E-state index in [2.05, 4.69) is 60.6 Å². The SMILES string of the molecule is CC1(CO)CCC2(C)CCC3(C)C4=CCC5C(C)(CCC(OC(=O)C=Cc6ccc(O)cc6)C5(C)C)C4=CCC3(C)C2C1. The fourth-order valence-electron chi connectivity index (χ4n) is 10.9. The Morgan fingerprint density at radius 1 is 0.907 bits per heavy atom. The average Bonchev–Trinajstić information content (AvgIpc) is 2.96. The summed E-state index contributed by atoms with van der Waals surface area (Å²) in [5.41, 5.74) is 4.67. The molecular weight excluding hydrogens is 532 g/mol. The van der Waals surface area contributed by atoms with E-state index >= 15 is 0 Å². The third-order valence-electron chi connectivity index (χ3n) is 14.2. The minimum absolute atomic E-state index is 0.0343. The molecule has 8 atom stereocenters. The molecule has 0 saturated heterocycles. The lowest BCUT2D eigenvalue weighted by molar-refractivity contribution is -0.164. The van der Waals surface area contributed by atoms with Crippen molar-refractivity contribution in [3.8, 4) is 5.75 Å². The lowest BCUT2D eigenvalue weighted by atomic mass is 9.36. The van der Waals surface area contributed by atoms with Crippen LogP contribution in [0.15, 0.2) is 53.6 Å². The zero-order chi connectivity index (χ0) is 31.1. The van der Waals surface area contributed by atoms with Crippen LogP contribution in [0.2, 0.25) is 0 Å². The molecule has 0 heterocycles. The number of ether oxygens (including phenoxy) is 1. The van der Waals surface area contributed by atoms with Gasteiger partial charge in [0.15, 0.2) is 0 Å². The summed E-state index contributed by atoms with van der Waals surface area (Å²) in [7, 11) is 0. The summed E-state index contributed by atoms with van der Waals surface area (Å²) >= 11 is 0. The van der Waals surface area contributed by atoms with Gasteiger partial charge in [0.1, 0.15) is 11.9 Å². The molecule has 1 aromatic carbocycles. The summed E-state index contributed by atoms with van der Waals surface area (Å²) in [4.78, 5) is 13.0. The van der Waals surface area contributed by atoms with Crippen molar-refractivity contribution in [2.24, 2.45) is 44.3 Å². The fourth-order valence-corrected chi connectivity index (χ4v) is 10.9. The summed E-state index contributed by atoms with van der Waals surface area (Å²) in [5, 5.41) is 19.9. The number of aliphatic hydroxyl groups is 1. The van der Waals surface area contributed by atoms with Crippen molar-refractivity contribution in [2.75, 3.05) is 6.61 Å². The Balaban J connectivity index is 1.26. The van der Waals surface area contributed by atoms with Gasteiger partial charge in [0.05, 0.1) is 0 Å². The number of fused-ring (bicyclic) bond motifs is 7. The molecule has 6 rings (SSSR count). The number of carbonyl (C=O) groups is 1. The van der Waals surface area contributed by atoms with E-state index in [1.54, 1.807) is 41.5 Å². The quantitative estimate of drug-likeness (QED) is 0.273. The average molecular weight is 587 g/mol. The number of carbonyl (C=O) groups excluding carboxylic acids is 1. The van der Waals surface area contributed by atoms with Crippen LogP contribution in [0.5, 0.6) is 5.75 Å². The largest absolute Gasteiger partial charge is 0.508 e. The summed E-state index contributed by atoms with van der Waals surface area (Å²) < 4.78 is 6.17. The standard InChI is InChI=1S/C39H54O4/c1-34(2)30-14-13-29-28(37(30,5)18-17-32(34)43-33(42)15-10-26-8-11-27(41)12-9-26)16-19-39(7)31-24-35(3,25-40)20-21-36(31,4)22-23-38(29,39)6/h8-13,15-16,30-32,40-41H,14,17-25H2,1-7H3. The molecule has 0 bridgehead atoms. The Hall–Kier alpha value is -2.33. The van der Waals surface area contributed by atoms with E-state index in [-0.39, 0.29) is 44.9 Å². The molecule has 0 spiro atoms. The van der Waals surface area contributed by atoms with E-state index in [1.165, 1.54) is 25.3 Å². The summed E-state index contributed by atoms with van der Waals surface area (Å²) in [5.74, 6) is 0.922. The third-order valence-corrected chi connectivity index (χ3v) is 14.2. The molecule has 1 aromatic rings. The Morgan fingerprint density at radius 2 is 1.60 bits per heavy atom. The Bertz CT molecular complexity index is 1370. The van der Waals surface area contributed by atoms with Crippen LogP contribution in [0.1, 0.15) is 112 Å². The van der Waals surface area contributed by atoms with Gasteiger partial charge in [-0.3, -0.25) is 0 Å². The number of phenolic OH excluding ortho intramolecular Hbond substituents is 1. The maximum Gasteiger partial charge on any atom is 0.331 e. The van der Waals surface area contributed by atoms with E-state index in [4.69, 9.17) is 4.74 Å². The zero-order valence-electron chi connectivity index (χ0n) is 27.6. The number of rotatable bonds is 4. The van der Waals surface area contributed by atoms with Gasteiger partial charge in [-0.2, -0.15) is 0 Å². The van der Waals surface area contributed by atoms with E-state index < -0.39 is 0 Å². The highest BCUT2D eigenvalue weighted by Crippen LogP contribution is 2.74. The number of hydrogen-bond acceptors (Lipinski definition) is 4. The van der Waals surface area contributed by atoms with Gasteiger partial charge in [-0.1, -0.05) is 72.8 Å². The number of esters is 1. The van der Waals surface area contributed by atoms with Gasteiger partial charge in [-0.05, 0) is 132 Å². The van der Waals surface area contributed by atoms with Crippen LogP contribution in [-0.2, 0) is 9.53 Å². The predicted molar refractivity (Wildman–Crippen MR) is 173 cm³/mol. The Morgan fingerprint density at radius 3 is 2.30 bits per heavy atom. The fraction of sp³-hybridized carbons (Fsp3) is 0.667. The first-order valence-corrected chi connectivity index (χ1v) is 16.8. The lowest BCUT2D eigenvalue weighted by Crippen LogP contribution is -2.61. The van der Waals surface area contributed by atoms with Gasteiger partial charge in [0.2, 0.25) is 0 Å². The normalized spacial score (nSPS) is 43.4. The second kappa shape index (κ2) is 10.1. The van der Waals surface area contributed by atoms with Crippen LogP contribution in [-0.4, -0.2) is 28.9 Å². The monoisotopic (exact) mass is 586 g/mol. The second-order valence-electron chi connectivity index (χ2n) is 17.0. The van der Waals surface area contributed by atoms with Crippen molar-refractivity contribution in [3.05, 3.63) is 59.2 Å². The van der Waals surface area contributed by atoms with E-state index in [0.29, 0.717) is 23.9 Å². The highest BCUT2D eigenvalue weighted by molar-refractivity contribution is 5.87. The van der Waals surface area contributed by atoms with E-state index in [1.807, 2.05) is 0 Å². The summed E-state index contributed by atoms with van der Waals surface area (Å²) in [6.45, 7) is 17.5. The van der Waals surface area contributed by atoms with Gasteiger partial charge in [-0.15, -0.1) is 0 Å². The number of hydrogen-bond donors (Lipinski definition) is 2. The van der Waals surface area contributed by atoms with Crippen molar-refractivity contribution in [3.63, 3.8) is 0 Å². The van der Waals surface area contributed by atoms with Gasteiger partial charge in [-0.25, -0.2) is 4.79 Å².